The number of hydrogen-bond acceptors (Lipinski definition) is 3. The van der Waals surface area contributed by atoms with Crippen LogP contribution in [0.2, 0.25) is 0 Å². The highest BCUT2D eigenvalue weighted by atomic mass is 16.7. The lowest BCUT2D eigenvalue weighted by Crippen LogP contribution is -2.07. The molecule has 0 aromatic heterocycles. The summed E-state index contributed by atoms with van der Waals surface area (Å²) in [5, 5.41) is 0. The Morgan fingerprint density at radius 3 is 2.67 bits per heavy atom. The van der Waals surface area contributed by atoms with E-state index in [1.54, 1.807) is 0 Å². The quantitative estimate of drug-likeness (QED) is 0.667. The summed E-state index contributed by atoms with van der Waals surface area (Å²) in [6, 6.07) is 16.3. The van der Waals surface area contributed by atoms with Gasteiger partial charge < -0.3 is 9.47 Å². The third-order valence-electron chi connectivity index (χ3n) is 5.35. The topological polar surface area (TPSA) is 35.5 Å². The maximum absolute atomic E-state index is 12.5. The molecule has 3 heteroatoms. The van der Waals surface area contributed by atoms with E-state index in [-0.39, 0.29) is 12.6 Å². The van der Waals surface area contributed by atoms with E-state index in [0.29, 0.717) is 18.8 Å². The Hall–Kier alpha value is -2.81. The van der Waals surface area contributed by atoms with Crippen LogP contribution in [0.25, 0.3) is 5.57 Å². The van der Waals surface area contributed by atoms with Crippen LogP contribution in [-0.2, 0) is 11.2 Å². The van der Waals surface area contributed by atoms with Crippen molar-refractivity contribution in [3.63, 3.8) is 0 Å². The first-order chi connectivity index (χ1) is 13.2. The van der Waals surface area contributed by atoms with Crippen molar-refractivity contribution in [1.29, 1.82) is 0 Å². The molecule has 0 bridgehead atoms. The first-order valence-electron chi connectivity index (χ1n) is 9.61. The maximum Gasteiger partial charge on any atom is 0.231 e. The molecule has 2 aliphatic rings. The molecule has 0 saturated carbocycles. The maximum atomic E-state index is 12.5. The van der Waals surface area contributed by atoms with E-state index in [1.807, 2.05) is 24.3 Å². The molecule has 1 aliphatic carbocycles. The van der Waals surface area contributed by atoms with Crippen LogP contribution < -0.4 is 9.47 Å². The van der Waals surface area contributed by atoms with Crippen LogP contribution in [0.4, 0.5) is 0 Å². The van der Waals surface area contributed by atoms with Crippen molar-refractivity contribution in [2.45, 2.75) is 32.6 Å². The summed E-state index contributed by atoms with van der Waals surface area (Å²) in [6.45, 7) is 2.48. The molecule has 1 atom stereocenters. The monoisotopic (exact) mass is 360 g/mol. The average molecular weight is 360 g/mol. The summed E-state index contributed by atoms with van der Waals surface area (Å²) in [5.41, 5.74) is 5.01. The first-order valence-corrected chi connectivity index (χ1v) is 9.61. The van der Waals surface area contributed by atoms with Gasteiger partial charge in [0.05, 0.1) is 0 Å². The van der Waals surface area contributed by atoms with Crippen LogP contribution in [-0.4, -0.2) is 12.6 Å². The van der Waals surface area contributed by atoms with E-state index in [1.165, 1.54) is 16.7 Å². The summed E-state index contributed by atoms with van der Waals surface area (Å²) >= 11 is 0. The molecule has 0 amide bonds. The van der Waals surface area contributed by atoms with E-state index in [0.717, 1.165) is 29.9 Å². The van der Waals surface area contributed by atoms with Gasteiger partial charge in [0.15, 0.2) is 11.5 Å². The smallest absolute Gasteiger partial charge is 0.231 e. The summed E-state index contributed by atoms with van der Waals surface area (Å²) in [4.78, 5) is 12.5. The SMILES string of the molecule is CCC1C(CCC(=O)Cc2ccc3c(c2)OCO3)=CC=C1c1ccccc1. The van der Waals surface area contributed by atoms with Gasteiger partial charge in [0.2, 0.25) is 6.79 Å². The lowest BCUT2D eigenvalue weighted by atomic mass is 9.86. The van der Waals surface area contributed by atoms with Crippen LogP contribution in [0, 0.1) is 5.92 Å². The van der Waals surface area contributed by atoms with Gasteiger partial charge in [0, 0.05) is 18.8 Å². The second-order valence-corrected chi connectivity index (χ2v) is 7.09. The molecular formula is C24H24O3. The molecule has 27 heavy (non-hydrogen) atoms. The minimum absolute atomic E-state index is 0.260. The van der Waals surface area contributed by atoms with Crippen molar-refractivity contribution in [3.8, 4) is 11.5 Å². The number of allylic oxidation sites excluding steroid dienone is 4. The largest absolute Gasteiger partial charge is 0.454 e. The van der Waals surface area contributed by atoms with E-state index in [9.17, 15) is 4.79 Å². The van der Waals surface area contributed by atoms with Gasteiger partial charge in [0.25, 0.3) is 0 Å². The minimum Gasteiger partial charge on any atom is -0.454 e. The molecule has 2 aromatic rings. The molecule has 3 nitrogen and oxygen atoms in total. The molecule has 1 heterocycles. The first kappa shape index (κ1) is 17.6. The summed E-state index contributed by atoms with van der Waals surface area (Å²) < 4.78 is 10.7. The number of ketones is 1. The number of benzene rings is 2. The molecule has 0 radical (unpaired) electrons. The van der Waals surface area contributed by atoms with Crippen molar-refractivity contribution in [2.75, 3.05) is 6.79 Å². The zero-order valence-corrected chi connectivity index (χ0v) is 15.6. The van der Waals surface area contributed by atoms with E-state index < -0.39 is 0 Å². The predicted octanol–water partition coefficient (Wildman–Crippen LogP) is 5.36. The van der Waals surface area contributed by atoms with Gasteiger partial charge in [-0.3, -0.25) is 4.79 Å². The molecule has 0 spiro atoms. The fourth-order valence-corrected chi connectivity index (χ4v) is 3.95. The highest BCUT2D eigenvalue weighted by Crippen LogP contribution is 2.38. The zero-order valence-electron chi connectivity index (χ0n) is 15.6. The number of carbonyl (C=O) groups is 1. The molecule has 0 saturated heterocycles. The van der Waals surface area contributed by atoms with Crippen molar-refractivity contribution in [2.24, 2.45) is 5.92 Å². The molecule has 138 valence electrons. The number of Topliss-reactive ketones (excluding diaryl/α,β-unsaturated/α-hetero) is 1. The Labute approximate surface area is 160 Å². The Kier molecular flexibility index (Phi) is 5.10. The van der Waals surface area contributed by atoms with E-state index in [4.69, 9.17) is 9.47 Å². The van der Waals surface area contributed by atoms with Gasteiger partial charge in [-0.15, -0.1) is 0 Å². The molecule has 4 rings (SSSR count). The van der Waals surface area contributed by atoms with Crippen LogP contribution >= 0.6 is 0 Å². The molecule has 1 unspecified atom stereocenters. The number of ether oxygens (including phenoxy) is 2. The highest BCUT2D eigenvalue weighted by Gasteiger charge is 2.23. The van der Waals surface area contributed by atoms with Gasteiger partial charge in [-0.1, -0.05) is 61.0 Å². The van der Waals surface area contributed by atoms with E-state index >= 15 is 0 Å². The summed E-state index contributed by atoms with van der Waals surface area (Å²) in [7, 11) is 0. The van der Waals surface area contributed by atoms with Gasteiger partial charge in [-0.2, -0.15) is 0 Å². The Morgan fingerprint density at radius 1 is 1.04 bits per heavy atom. The third-order valence-corrected chi connectivity index (χ3v) is 5.35. The predicted molar refractivity (Wildman–Crippen MR) is 107 cm³/mol. The lowest BCUT2D eigenvalue weighted by Gasteiger charge is -2.18. The highest BCUT2D eigenvalue weighted by molar-refractivity contribution is 5.82. The van der Waals surface area contributed by atoms with Crippen molar-refractivity contribution >= 4 is 11.4 Å². The average Bonchev–Trinajstić information content (AvgIpc) is 3.33. The van der Waals surface area contributed by atoms with Crippen LogP contribution in [0.1, 0.15) is 37.3 Å². The molecule has 1 aliphatic heterocycles. The van der Waals surface area contributed by atoms with Gasteiger partial charge in [-0.25, -0.2) is 0 Å². The Bertz CT molecular complexity index is 893. The van der Waals surface area contributed by atoms with Crippen molar-refractivity contribution in [1.82, 2.24) is 0 Å². The van der Waals surface area contributed by atoms with Gasteiger partial charge in [0.1, 0.15) is 5.78 Å². The van der Waals surface area contributed by atoms with Crippen LogP contribution in [0.5, 0.6) is 11.5 Å². The minimum atomic E-state index is 0.260. The fourth-order valence-electron chi connectivity index (χ4n) is 3.95. The molecular weight excluding hydrogens is 336 g/mol. The summed E-state index contributed by atoms with van der Waals surface area (Å²) in [6.07, 6.45) is 7.34. The Balaban J connectivity index is 1.34. The number of fused-ring (bicyclic) bond motifs is 1. The van der Waals surface area contributed by atoms with E-state index in [2.05, 4.69) is 43.3 Å². The van der Waals surface area contributed by atoms with Crippen molar-refractivity contribution < 1.29 is 14.3 Å². The summed E-state index contributed by atoms with van der Waals surface area (Å²) in [5.74, 6) is 2.18. The molecule has 0 fully saturated rings. The van der Waals surface area contributed by atoms with Gasteiger partial charge >= 0.3 is 0 Å². The van der Waals surface area contributed by atoms with Crippen LogP contribution in [0.3, 0.4) is 0 Å². The zero-order chi connectivity index (χ0) is 18.6. The number of carbonyl (C=O) groups excluding carboxylic acids is 1. The number of rotatable bonds is 7. The normalized spacial score (nSPS) is 17.6. The fraction of sp³-hybridized carbons (Fsp3) is 0.292. The number of hydrogen-bond donors (Lipinski definition) is 0. The Morgan fingerprint density at radius 2 is 1.85 bits per heavy atom. The second-order valence-electron chi connectivity index (χ2n) is 7.09. The third kappa shape index (κ3) is 3.82. The lowest BCUT2D eigenvalue weighted by molar-refractivity contribution is -0.118. The second kappa shape index (κ2) is 7.83. The standard InChI is InChI=1S/C24H24O3/c1-2-21-19(10-12-22(21)18-6-4-3-5-7-18)9-11-20(25)14-17-8-13-23-24(15-17)27-16-26-23/h3-8,10,12-13,15,21H,2,9,11,14,16H2,1H3. The van der Waals surface area contributed by atoms with Gasteiger partial charge in [-0.05, 0) is 41.7 Å². The van der Waals surface area contributed by atoms with Crippen molar-refractivity contribution in [3.05, 3.63) is 77.4 Å². The van der Waals surface area contributed by atoms with Crippen LogP contribution in [0.15, 0.2) is 66.3 Å². The molecule has 2 aromatic carbocycles. The molecule has 0 N–H and O–H groups in total.